The average Bonchev–Trinajstić information content (AvgIpc) is 3.53. The molecule has 2 fully saturated rings. The van der Waals surface area contributed by atoms with Crippen molar-refractivity contribution in [3.05, 3.63) is 89.3 Å². The molecule has 3 aliphatic heterocycles. The highest BCUT2D eigenvalue weighted by molar-refractivity contribution is 6.23. The predicted molar refractivity (Wildman–Crippen MR) is 174 cm³/mol. The summed E-state index contributed by atoms with van der Waals surface area (Å²) < 4.78 is 16.9. The lowest BCUT2D eigenvalue weighted by Gasteiger charge is -2.50. The lowest BCUT2D eigenvalue weighted by atomic mass is 9.59. The lowest BCUT2D eigenvalue weighted by molar-refractivity contribution is -0.138. The van der Waals surface area contributed by atoms with Crippen LogP contribution in [0.3, 0.4) is 0 Å². The van der Waals surface area contributed by atoms with Crippen LogP contribution in [-0.2, 0) is 35.0 Å². The van der Waals surface area contributed by atoms with Gasteiger partial charge < -0.3 is 19.1 Å². The van der Waals surface area contributed by atoms with Crippen molar-refractivity contribution in [2.75, 3.05) is 31.6 Å². The third-order valence-corrected chi connectivity index (χ3v) is 9.69. The van der Waals surface area contributed by atoms with Crippen LogP contribution in [0.15, 0.2) is 88.8 Å². The SMILES string of the molecule is CCC1=C(OC(=O)N(CC)CC)N2C(=O)OC(=NCC(=O)OC)[C@]2(Cc2ccccc2)[C@H]2C1=CC[C@H]1C(=O)N(c3ccccc3)C(=O)[C@H]12. The van der Waals surface area contributed by atoms with Crippen LogP contribution in [0.25, 0.3) is 0 Å². The van der Waals surface area contributed by atoms with Gasteiger partial charge in [0.2, 0.25) is 23.6 Å². The maximum Gasteiger partial charge on any atom is 0.424 e. The summed E-state index contributed by atoms with van der Waals surface area (Å²) in [5.74, 6) is -4.08. The Labute approximate surface area is 278 Å². The van der Waals surface area contributed by atoms with Gasteiger partial charge in [0.15, 0.2) is 0 Å². The van der Waals surface area contributed by atoms with Gasteiger partial charge in [-0.05, 0) is 50.0 Å². The van der Waals surface area contributed by atoms with Gasteiger partial charge in [-0.1, -0.05) is 61.5 Å². The van der Waals surface area contributed by atoms with Crippen LogP contribution in [0.2, 0.25) is 0 Å². The van der Waals surface area contributed by atoms with E-state index in [-0.39, 0.29) is 30.5 Å². The third kappa shape index (κ3) is 5.15. The third-order valence-electron chi connectivity index (χ3n) is 9.69. The van der Waals surface area contributed by atoms with Gasteiger partial charge in [0.05, 0.1) is 24.6 Å². The van der Waals surface area contributed by atoms with Crippen LogP contribution >= 0.6 is 0 Å². The molecular weight excluding hydrogens is 616 g/mol. The number of rotatable bonds is 9. The highest BCUT2D eigenvalue weighted by Gasteiger charge is 2.70. The molecule has 0 unspecified atom stereocenters. The normalized spacial score (nSPS) is 25.3. The molecule has 0 radical (unpaired) electrons. The Morgan fingerprint density at radius 3 is 2.27 bits per heavy atom. The molecule has 2 saturated heterocycles. The second-order valence-electron chi connectivity index (χ2n) is 12.0. The number of fused-ring (bicyclic) bond motifs is 5. The largest absolute Gasteiger partial charge is 0.468 e. The maximum absolute atomic E-state index is 14.6. The van der Waals surface area contributed by atoms with Crippen molar-refractivity contribution in [3.8, 4) is 0 Å². The summed E-state index contributed by atoms with van der Waals surface area (Å²) in [6.45, 7) is 5.80. The quantitative estimate of drug-likeness (QED) is 0.213. The average molecular weight is 655 g/mol. The van der Waals surface area contributed by atoms with Gasteiger partial charge >= 0.3 is 18.2 Å². The Morgan fingerprint density at radius 2 is 1.65 bits per heavy atom. The summed E-state index contributed by atoms with van der Waals surface area (Å²) in [4.78, 5) is 77.3. The van der Waals surface area contributed by atoms with E-state index in [1.807, 2.05) is 57.2 Å². The number of methoxy groups -OCH3 is 1. The maximum atomic E-state index is 14.6. The number of para-hydroxylation sites is 1. The highest BCUT2D eigenvalue weighted by Crippen LogP contribution is 2.58. The number of allylic oxidation sites excluding steroid dienone is 2. The second-order valence-corrected chi connectivity index (χ2v) is 12.0. The molecule has 6 rings (SSSR count). The molecule has 12 nitrogen and oxygen atoms in total. The summed E-state index contributed by atoms with van der Waals surface area (Å²) in [5.41, 5.74) is 0.841. The van der Waals surface area contributed by atoms with Crippen molar-refractivity contribution in [2.45, 2.75) is 45.6 Å². The number of hydrogen-bond acceptors (Lipinski definition) is 9. The van der Waals surface area contributed by atoms with E-state index in [0.717, 1.165) is 5.56 Å². The van der Waals surface area contributed by atoms with Gasteiger partial charge in [0.25, 0.3) is 0 Å². The number of cyclic esters (lactones) is 1. The Kier molecular flexibility index (Phi) is 8.91. The number of nitrogens with zero attached hydrogens (tertiary/aromatic N) is 4. The molecule has 4 atom stereocenters. The molecule has 4 amide bonds. The van der Waals surface area contributed by atoms with E-state index >= 15 is 0 Å². The van der Waals surface area contributed by atoms with E-state index in [1.165, 1.54) is 21.8 Å². The molecule has 0 saturated carbocycles. The molecule has 0 bridgehead atoms. The van der Waals surface area contributed by atoms with Gasteiger partial charge in [-0.25, -0.2) is 19.5 Å². The van der Waals surface area contributed by atoms with E-state index in [2.05, 4.69) is 4.99 Å². The van der Waals surface area contributed by atoms with Crippen molar-refractivity contribution >= 4 is 41.6 Å². The number of hydrogen-bond donors (Lipinski definition) is 0. The number of esters is 1. The number of benzene rings is 2. The van der Waals surface area contributed by atoms with Crippen LogP contribution < -0.4 is 4.90 Å². The molecule has 2 aromatic carbocycles. The molecule has 1 aliphatic carbocycles. The molecule has 4 aliphatic rings. The molecule has 48 heavy (non-hydrogen) atoms. The minimum absolute atomic E-state index is 0.0174. The number of amides is 4. The minimum atomic E-state index is -1.60. The highest BCUT2D eigenvalue weighted by atomic mass is 16.6. The smallest absolute Gasteiger partial charge is 0.424 e. The summed E-state index contributed by atoms with van der Waals surface area (Å²) >= 11 is 0. The fourth-order valence-electron chi connectivity index (χ4n) is 7.55. The topological polar surface area (TPSA) is 135 Å². The summed E-state index contributed by atoms with van der Waals surface area (Å²) in [6, 6.07) is 18.0. The molecule has 2 aromatic rings. The first-order valence-electron chi connectivity index (χ1n) is 16.2. The number of ether oxygens (including phenoxy) is 3. The van der Waals surface area contributed by atoms with E-state index in [4.69, 9.17) is 14.2 Å². The molecule has 250 valence electrons. The van der Waals surface area contributed by atoms with E-state index < -0.39 is 53.9 Å². The Hall–Kier alpha value is -5.26. The van der Waals surface area contributed by atoms with Gasteiger partial charge in [0.1, 0.15) is 12.1 Å². The number of imide groups is 1. The van der Waals surface area contributed by atoms with Crippen molar-refractivity contribution in [1.82, 2.24) is 9.80 Å². The molecule has 0 aromatic heterocycles. The monoisotopic (exact) mass is 654 g/mol. The minimum Gasteiger partial charge on any atom is -0.468 e. The van der Waals surface area contributed by atoms with Crippen LogP contribution in [0.1, 0.15) is 39.2 Å². The molecule has 0 N–H and O–H groups in total. The molecular formula is C36H38N4O8. The molecule has 12 heteroatoms. The van der Waals surface area contributed by atoms with Crippen molar-refractivity contribution < 1.29 is 38.2 Å². The van der Waals surface area contributed by atoms with Crippen LogP contribution in [0, 0.1) is 17.8 Å². The summed E-state index contributed by atoms with van der Waals surface area (Å²) in [5, 5.41) is 0. The first-order chi connectivity index (χ1) is 23.2. The number of anilines is 1. The van der Waals surface area contributed by atoms with Gasteiger partial charge in [-0.15, -0.1) is 0 Å². The van der Waals surface area contributed by atoms with Crippen molar-refractivity contribution in [3.63, 3.8) is 0 Å². The predicted octanol–water partition coefficient (Wildman–Crippen LogP) is 4.86. The van der Waals surface area contributed by atoms with Gasteiger partial charge in [-0.2, -0.15) is 0 Å². The fourth-order valence-corrected chi connectivity index (χ4v) is 7.55. The Morgan fingerprint density at radius 1 is 0.979 bits per heavy atom. The van der Waals surface area contributed by atoms with Gasteiger partial charge in [-0.3, -0.25) is 19.3 Å². The Balaban J connectivity index is 1.62. The standard InChI is InChI=1S/C36H38N4O8/c1-5-24-25-18-19-26-28(31(43)39(30(26)42)23-16-12-9-13-17-23)29(25)36(20-22-14-10-8-11-15-22)33(37-21-27(41)46-4)48-35(45)40(36)32(24)47-34(44)38(6-2)7-3/h8-18,26,28-29H,5-7,19-21H2,1-4H3/t26-,28-,29+,36+/m1/s1. The van der Waals surface area contributed by atoms with Crippen molar-refractivity contribution in [1.29, 1.82) is 0 Å². The van der Waals surface area contributed by atoms with E-state index in [1.54, 1.807) is 30.3 Å². The first kappa shape index (κ1) is 32.7. The Bertz CT molecular complexity index is 1730. The van der Waals surface area contributed by atoms with Crippen LogP contribution in [0.4, 0.5) is 15.3 Å². The first-order valence-corrected chi connectivity index (χ1v) is 16.2. The lowest BCUT2D eigenvalue weighted by Crippen LogP contribution is -2.63. The number of carbonyl (C=O) groups is 5. The zero-order valence-electron chi connectivity index (χ0n) is 27.4. The van der Waals surface area contributed by atoms with Crippen LogP contribution in [-0.4, -0.2) is 78.0 Å². The second kappa shape index (κ2) is 13.1. The number of carbonyl (C=O) groups excluding carboxylic acids is 5. The molecule has 3 heterocycles. The summed E-state index contributed by atoms with van der Waals surface area (Å²) in [7, 11) is 1.23. The van der Waals surface area contributed by atoms with Crippen molar-refractivity contribution in [2.24, 2.45) is 22.7 Å². The zero-order chi connectivity index (χ0) is 34.2. The molecule has 0 spiro atoms. The fraction of sp³-hybridized carbons (Fsp3) is 0.389. The van der Waals surface area contributed by atoms with Crippen LogP contribution in [0.5, 0.6) is 0 Å². The zero-order valence-corrected chi connectivity index (χ0v) is 27.4. The van der Waals surface area contributed by atoms with E-state index in [9.17, 15) is 24.0 Å². The van der Waals surface area contributed by atoms with Gasteiger partial charge in [0, 0.05) is 31.0 Å². The van der Waals surface area contributed by atoms with E-state index in [0.29, 0.717) is 36.3 Å². The number of aliphatic imine (C=N–C) groups is 1. The summed E-state index contributed by atoms with van der Waals surface area (Å²) in [6.07, 6.45) is 1.06.